The average molecular weight is 518 g/mol. The molecule has 0 fully saturated rings. The Hall–Kier alpha value is -3.08. The number of carbonyl (C=O) groups excluding carboxylic acids is 2. The molecule has 2 aromatic carbocycles. The molecule has 2 rings (SSSR count). The molecule has 8 heteroatoms. The van der Waals surface area contributed by atoms with Crippen molar-refractivity contribution >= 4 is 51.2 Å². The third-order valence-electron chi connectivity index (χ3n) is 4.25. The number of nitrogens with zero attached hydrogens (tertiary/aromatic N) is 1. The summed E-state index contributed by atoms with van der Waals surface area (Å²) < 4.78 is 11.1. The van der Waals surface area contributed by atoms with E-state index in [1.165, 1.54) is 6.08 Å². The van der Waals surface area contributed by atoms with Gasteiger partial charge in [-0.25, -0.2) is 4.79 Å². The number of hydrogen-bond acceptors (Lipinski definition) is 5. The van der Waals surface area contributed by atoms with E-state index in [0.29, 0.717) is 32.9 Å². The molecule has 0 saturated carbocycles. The van der Waals surface area contributed by atoms with E-state index in [1.807, 2.05) is 13.0 Å². The molecule has 1 amide bonds. The summed E-state index contributed by atoms with van der Waals surface area (Å²) in [5.41, 5.74) is 2.62. The molecule has 0 aliphatic heterocycles. The number of nitriles is 1. The van der Waals surface area contributed by atoms with Gasteiger partial charge >= 0.3 is 5.97 Å². The summed E-state index contributed by atoms with van der Waals surface area (Å²) in [4.78, 5) is 24.2. The lowest BCUT2D eigenvalue weighted by Crippen LogP contribution is -2.15. The van der Waals surface area contributed by atoms with Gasteiger partial charge in [0.1, 0.15) is 17.4 Å². The highest BCUT2D eigenvalue weighted by Gasteiger charge is 2.15. The number of rotatable bonds is 9. The molecular weight excluding hydrogens is 496 g/mol. The van der Waals surface area contributed by atoms with E-state index in [4.69, 9.17) is 21.1 Å². The Labute approximate surface area is 200 Å². The van der Waals surface area contributed by atoms with E-state index in [0.717, 1.165) is 11.1 Å². The van der Waals surface area contributed by atoms with Crippen LogP contribution in [0.3, 0.4) is 0 Å². The predicted molar refractivity (Wildman–Crippen MR) is 129 cm³/mol. The van der Waals surface area contributed by atoms with Crippen LogP contribution in [0.25, 0.3) is 6.08 Å². The molecule has 0 atom stereocenters. The molecule has 1 N–H and O–H groups in total. The largest absolute Gasteiger partial charge is 0.480 e. The van der Waals surface area contributed by atoms with Crippen LogP contribution < -0.4 is 10.1 Å². The Morgan fingerprint density at radius 2 is 2.06 bits per heavy atom. The smallest absolute Gasteiger partial charge is 0.344 e. The normalized spacial score (nSPS) is 10.8. The Kier molecular flexibility index (Phi) is 9.51. The van der Waals surface area contributed by atoms with Gasteiger partial charge in [0.25, 0.3) is 5.91 Å². The minimum atomic E-state index is -0.559. The first-order chi connectivity index (χ1) is 15.3. The maximum absolute atomic E-state index is 12.6. The third kappa shape index (κ3) is 6.98. The maximum atomic E-state index is 12.6. The summed E-state index contributed by atoms with van der Waals surface area (Å²) in [5.74, 6) is -0.573. The number of hydrogen-bond donors (Lipinski definition) is 1. The molecule has 0 bridgehead atoms. The number of allylic oxidation sites excluding steroid dienone is 1. The van der Waals surface area contributed by atoms with Crippen molar-refractivity contribution < 1.29 is 19.1 Å². The van der Waals surface area contributed by atoms with Crippen LogP contribution in [0.2, 0.25) is 5.02 Å². The van der Waals surface area contributed by atoms with Crippen molar-refractivity contribution in [2.45, 2.75) is 20.3 Å². The van der Waals surface area contributed by atoms with Gasteiger partial charge < -0.3 is 14.8 Å². The van der Waals surface area contributed by atoms with Crippen LogP contribution in [0.5, 0.6) is 5.75 Å². The summed E-state index contributed by atoms with van der Waals surface area (Å²) >= 11 is 9.53. The van der Waals surface area contributed by atoms with Crippen LogP contribution in [0.4, 0.5) is 5.69 Å². The number of anilines is 1. The lowest BCUT2D eigenvalue weighted by Gasteiger charge is -2.13. The van der Waals surface area contributed by atoms with Gasteiger partial charge in [-0.1, -0.05) is 23.7 Å². The Morgan fingerprint density at radius 1 is 1.31 bits per heavy atom. The number of amides is 1. The number of benzene rings is 2. The van der Waals surface area contributed by atoms with E-state index < -0.39 is 11.9 Å². The fourth-order valence-corrected chi connectivity index (χ4v) is 3.56. The number of carbonyl (C=O) groups is 2. The van der Waals surface area contributed by atoms with Gasteiger partial charge in [-0.3, -0.25) is 4.79 Å². The van der Waals surface area contributed by atoms with Gasteiger partial charge in [-0.2, -0.15) is 5.26 Å². The minimum absolute atomic E-state index is 0.0849. The van der Waals surface area contributed by atoms with Crippen LogP contribution in [0, 0.1) is 18.3 Å². The summed E-state index contributed by atoms with van der Waals surface area (Å²) in [7, 11) is 0. The quantitative estimate of drug-likeness (QED) is 0.202. The second-order valence-corrected chi connectivity index (χ2v) is 7.93. The van der Waals surface area contributed by atoms with Gasteiger partial charge in [0.05, 0.1) is 11.1 Å². The lowest BCUT2D eigenvalue weighted by molar-refractivity contribution is -0.145. The van der Waals surface area contributed by atoms with Crippen LogP contribution in [0.1, 0.15) is 23.6 Å². The predicted octanol–water partition coefficient (Wildman–Crippen LogP) is 5.63. The number of nitrogens with one attached hydrogen (secondary N) is 1. The molecule has 0 aliphatic carbocycles. The SMILES string of the molecule is C=CCc1cc(/C=C(/C#N)C(=O)Nc2ccc(C)c(Cl)c2)cc(Br)c1OCC(=O)OCC. The molecular formula is C24H22BrClN2O4. The van der Waals surface area contributed by atoms with Crippen LogP contribution in [-0.4, -0.2) is 25.1 Å². The van der Waals surface area contributed by atoms with E-state index in [-0.39, 0.29) is 18.8 Å². The second kappa shape index (κ2) is 12.1. The lowest BCUT2D eigenvalue weighted by atomic mass is 10.0. The zero-order valence-corrected chi connectivity index (χ0v) is 20.0. The third-order valence-corrected chi connectivity index (χ3v) is 5.25. The molecule has 0 saturated heterocycles. The van der Waals surface area contributed by atoms with E-state index in [2.05, 4.69) is 27.8 Å². The first kappa shape index (κ1) is 25.2. The fourth-order valence-electron chi connectivity index (χ4n) is 2.74. The topological polar surface area (TPSA) is 88.4 Å². The van der Waals surface area contributed by atoms with Gasteiger partial charge in [0.15, 0.2) is 6.61 Å². The summed E-state index contributed by atoms with van der Waals surface area (Å²) in [6.07, 6.45) is 3.61. The molecule has 32 heavy (non-hydrogen) atoms. The zero-order chi connectivity index (χ0) is 23.7. The number of ether oxygens (including phenoxy) is 2. The molecule has 166 valence electrons. The highest BCUT2D eigenvalue weighted by Crippen LogP contribution is 2.32. The van der Waals surface area contributed by atoms with Gasteiger partial charge in [0.2, 0.25) is 0 Å². The Balaban J connectivity index is 2.30. The van der Waals surface area contributed by atoms with Crippen molar-refractivity contribution in [3.63, 3.8) is 0 Å². The van der Waals surface area contributed by atoms with E-state index in [1.54, 1.807) is 43.3 Å². The molecule has 0 aromatic heterocycles. The van der Waals surface area contributed by atoms with E-state index in [9.17, 15) is 14.9 Å². The highest BCUT2D eigenvalue weighted by molar-refractivity contribution is 9.10. The first-order valence-electron chi connectivity index (χ1n) is 9.70. The second-order valence-electron chi connectivity index (χ2n) is 6.67. The number of esters is 1. The zero-order valence-electron chi connectivity index (χ0n) is 17.7. The average Bonchev–Trinajstić information content (AvgIpc) is 2.74. The highest BCUT2D eigenvalue weighted by atomic mass is 79.9. The molecule has 6 nitrogen and oxygen atoms in total. The molecule has 2 aromatic rings. The fraction of sp³-hybridized carbons (Fsp3) is 0.208. The van der Waals surface area contributed by atoms with Gasteiger partial charge in [0, 0.05) is 10.7 Å². The Morgan fingerprint density at radius 3 is 2.69 bits per heavy atom. The maximum Gasteiger partial charge on any atom is 0.344 e. The summed E-state index contributed by atoms with van der Waals surface area (Å²) in [6, 6.07) is 10.5. The van der Waals surface area contributed by atoms with Crippen LogP contribution >= 0.6 is 27.5 Å². The van der Waals surface area contributed by atoms with Crippen molar-refractivity contribution in [3.05, 3.63) is 74.7 Å². The molecule has 0 heterocycles. The molecule has 0 radical (unpaired) electrons. The monoisotopic (exact) mass is 516 g/mol. The van der Waals surface area contributed by atoms with Crippen LogP contribution in [0.15, 0.2) is 53.0 Å². The molecule has 0 unspecified atom stereocenters. The summed E-state index contributed by atoms with van der Waals surface area (Å²) in [5, 5.41) is 12.7. The minimum Gasteiger partial charge on any atom is -0.480 e. The van der Waals surface area contributed by atoms with Gasteiger partial charge in [-0.05, 0) is 83.2 Å². The van der Waals surface area contributed by atoms with Crippen molar-refractivity contribution in [2.75, 3.05) is 18.5 Å². The molecule has 0 aliphatic rings. The van der Waals surface area contributed by atoms with Crippen molar-refractivity contribution in [2.24, 2.45) is 0 Å². The van der Waals surface area contributed by atoms with Crippen molar-refractivity contribution in [1.82, 2.24) is 0 Å². The van der Waals surface area contributed by atoms with E-state index >= 15 is 0 Å². The standard InChI is InChI=1S/C24H22BrClN2O4/c1-4-6-17-9-16(11-20(25)23(17)32-14-22(29)31-5-2)10-18(13-27)24(30)28-19-8-7-15(3)21(26)12-19/h4,7-12H,1,5-6,14H2,2-3H3,(H,28,30)/b18-10-. The van der Waals surface area contributed by atoms with Gasteiger partial charge in [-0.15, -0.1) is 6.58 Å². The summed E-state index contributed by atoms with van der Waals surface area (Å²) in [6.45, 7) is 7.34. The van der Waals surface area contributed by atoms with Crippen LogP contribution in [-0.2, 0) is 20.7 Å². The number of halogens is 2. The number of aryl methyl sites for hydroxylation is 1. The van der Waals surface area contributed by atoms with Crippen molar-refractivity contribution in [1.29, 1.82) is 5.26 Å². The Bertz CT molecular complexity index is 1110. The first-order valence-corrected chi connectivity index (χ1v) is 10.9. The molecule has 0 spiro atoms. The van der Waals surface area contributed by atoms with Crippen molar-refractivity contribution in [3.8, 4) is 11.8 Å².